The van der Waals surface area contributed by atoms with Gasteiger partial charge in [-0.1, -0.05) is 54.6 Å². The Balaban J connectivity index is 1.94. The lowest BCUT2D eigenvalue weighted by atomic mass is 10.0. The van der Waals surface area contributed by atoms with E-state index in [0.29, 0.717) is 5.56 Å². The van der Waals surface area contributed by atoms with Crippen molar-refractivity contribution in [1.82, 2.24) is 0 Å². The van der Waals surface area contributed by atoms with Crippen LogP contribution in [0.5, 0.6) is 5.75 Å². The molecule has 0 spiro atoms. The number of hydrogen-bond donors (Lipinski definition) is 1. The van der Waals surface area contributed by atoms with Crippen LogP contribution in [-0.2, 0) is 0 Å². The summed E-state index contributed by atoms with van der Waals surface area (Å²) in [5.74, 6) is 0.231. The molecule has 0 saturated heterocycles. The van der Waals surface area contributed by atoms with Gasteiger partial charge in [0.05, 0.1) is 5.69 Å². The second-order valence-corrected chi connectivity index (χ2v) is 4.73. The number of aromatic hydroxyl groups is 1. The molecule has 0 heterocycles. The molecule has 1 N–H and O–H groups in total. The quantitative estimate of drug-likeness (QED) is 0.682. The van der Waals surface area contributed by atoms with Crippen molar-refractivity contribution in [1.29, 1.82) is 0 Å². The third-order valence-corrected chi connectivity index (χ3v) is 3.24. The Bertz CT molecular complexity index is 749. The molecule has 2 nitrogen and oxygen atoms in total. The van der Waals surface area contributed by atoms with E-state index in [1.807, 2.05) is 72.8 Å². The van der Waals surface area contributed by atoms with Crippen LogP contribution >= 0.6 is 0 Å². The summed E-state index contributed by atoms with van der Waals surface area (Å²) in [6.45, 7) is 0. The molecule has 0 aromatic heterocycles. The minimum absolute atomic E-state index is 0.231. The van der Waals surface area contributed by atoms with Crippen LogP contribution in [0.25, 0.3) is 11.1 Å². The van der Waals surface area contributed by atoms with Crippen LogP contribution in [-0.4, -0.2) is 11.3 Å². The van der Waals surface area contributed by atoms with Crippen LogP contribution in [0.3, 0.4) is 0 Å². The second-order valence-electron chi connectivity index (χ2n) is 4.73. The van der Waals surface area contributed by atoms with Gasteiger partial charge in [-0.3, -0.25) is 4.99 Å². The lowest BCUT2D eigenvalue weighted by Gasteiger charge is -2.04. The van der Waals surface area contributed by atoms with Gasteiger partial charge < -0.3 is 5.11 Å². The summed E-state index contributed by atoms with van der Waals surface area (Å²) in [6.07, 6.45) is 1.69. The minimum atomic E-state index is 0.231. The zero-order chi connectivity index (χ0) is 14.5. The SMILES string of the molecule is Oc1ccc(-c2ccccc2)cc1C=Nc1ccccc1. The van der Waals surface area contributed by atoms with E-state index in [4.69, 9.17) is 0 Å². The molecule has 0 aliphatic rings. The Morgan fingerprint density at radius 2 is 1.38 bits per heavy atom. The van der Waals surface area contributed by atoms with Gasteiger partial charge in [-0.25, -0.2) is 0 Å². The monoisotopic (exact) mass is 273 g/mol. The summed E-state index contributed by atoms with van der Waals surface area (Å²) in [6, 6.07) is 25.3. The van der Waals surface area contributed by atoms with E-state index in [-0.39, 0.29) is 5.75 Å². The average molecular weight is 273 g/mol. The molecule has 3 aromatic rings. The molecule has 3 rings (SSSR count). The van der Waals surface area contributed by atoms with Crippen LogP contribution in [0.15, 0.2) is 83.9 Å². The largest absolute Gasteiger partial charge is 0.507 e. The molecule has 0 aliphatic carbocycles. The summed E-state index contributed by atoms with van der Waals surface area (Å²) >= 11 is 0. The first-order valence-electron chi connectivity index (χ1n) is 6.80. The molecular weight excluding hydrogens is 258 g/mol. The number of rotatable bonds is 3. The van der Waals surface area contributed by atoms with Crippen molar-refractivity contribution in [3.05, 3.63) is 84.4 Å². The van der Waals surface area contributed by atoms with Crippen molar-refractivity contribution in [3.8, 4) is 16.9 Å². The molecule has 0 radical (unpaired) electrons. The molecule has 102 valence electrons. The van der Waals surface area contributed by atoms with Crippen molar-refractivity contribution >= 4 is 11.9 Å². The van der Waals surface area contributed by atoms with Crippen LogP contribution in [0.2, 0.25) is 0 Å². The molecular formula is C19H15NO. The number of aliphatic imine (C=N–C) groups is 1. The fraction of sp³-hybridized carbons (Fsp3) is 0. The highest BCUT2D eigenvalue weighted by molar-refractivity contribution is 5.87. The van der Waals surface area contributed by atoms with E-state index in [0.717, 1.165) is 16.8 Å². The van der Waals surface area contributed by atoms with Crippen molar-refractivity contribution in [2.24, 2.45) is 4.99 Å². The number of hydrogen-bond acceptors (Lipinski definition) is 2. The highest BCUT2D eigenvalue weighted by Crippen LogP contribution is 2.25. The molecule has 0 amide bonds. The standard InChI is InChI=1S/C19H15NO/c21-19-12-11-16(15-7-3-1-4-8-15)13-17(19)14-20-18-9-5-2-6-10-18/h1-14,21H. The minimum Gasteiger partial charge on any atom is -0.507 e. The Labute approximate surface area is 124 Å². The zero-order valence-electron chi connectivity index (χ0n) is 11.5. The molecule has 0 unspecified atom stereocenters. The normalized spacial score (nSPS) is 10.9. The van der Waals surface area contributed by atoms with E-state index in [9.17, 15) is 5.11 Å². The highest BCUT2D eigenvalue weighted by Gasteiger charge is 2.02. The smallest absolute Gasteiger partial charge is 0.124 e. The van der Waals surface area contributed by atoms with Crippen LogP contribution < -0.4 is 0 Å². The van der Waals surface area contributed by atoms with E-state index >= 15 is 0 Å². The van der Waals surface area contributed by atoms with Crippen LogP contribution in [0.1, 0.15) is 5.56 Å². The van der Waals surface area contributed by atoms with Gasteiger partial charge in [0.25, 0.3) is 0 Å². The molecule has 21 heavy (non-hydrogen) atoms. The molecule has 0 atom stereocenters. The number of nitrogens with zero attached hydrogens (tertiary/aromatic N) is 1. The van der Waals surface area contributed by atoms with Crippen molar-refractivity contribution in [2.45, 2.75) is 0 Å². The topological polar surface area (TPSA) is 32.6 Å². The maximum absolute atomic E-state index is 9.97. The average Bonchev–Trinajstić information content (AvgIpc) is 2.56. The summed E-state index contributed by atoms with van der Waals surface area (Å²) in [5.41, 5.74) is 3.75. The van der Waals surface area contributed by atoms with Gasteiger partial charge >= 0.3 is 0 Å². The summed E-state index contributed by atoms with van der Waals surface area (Å²) in [7, 11) is 0. The van der Waals surface area contributed by atoms with Gasteiger partial charge in [0, 0.05) is 11.8 Å². The van der Waals surface area contributed by atoms with Gasteiger partial charge in [0.2, 0.25) is 0 Å². The maximum atomic E-state index is 9.97. The molecule has 3 aromatic carbocycles. The first kappa shape index (κ1) is 13.1. The predicted molar refractivity (Wildman–Crippen MR) is 87.2 cm³/mol. The van der Waals surface area contributed by atoms with Crippen molar-refractivity contribution < 1.29 is 5.11 Å². The number of phenols is 1. The maximum Gasteiger partial charge on any atom is 0.124 e. The summed E-state index contributed by atoms with van der Waals surface area (Å²) in [4.78, 5) is 4.39. The Hall–Kier alpha value is -2.87. The van der Waals surface area contributed by atoms with Gasteiger partial charge in [0.1, 0.15) is 5.75 Å². The highest BCUT2D eigenvalue weighted by atomic mass is 16.3. The molecule has 0 aliphatic heterocycles. The van der Waals surface area contributed by atoms with E-state index in [1.54, 1.807) is 12.3 Å². The van der Waals surface area contributed by atoms with E-state index in [2.05, 4.69) is 4.99 Å². The first-order chi connectivity index (χ1) is 10.3. The summed E-state index contributed by atoms with van der Waals surface area (Å²) in [5, 5.41) is 9.97. The first-order valence-corrected chi connectivity index (χ1v) is 6.80. The lowest BCUT2D eigenvalue weighted by molar-refractivity contribution is 0.474. The summed E-state index contributed by atoms with van der Waals surface area (Å²) < 4.78 is 0. The zero-order valence-corrected chi connectivity index (χ0v) is 11.5. The van der Waals surface area contributed by atoms with Gasteiger partial charge in [-0.05, 0) is 35.4 Å². The Morgan fingerprint density at radius 3 is 2.10 bits per heavy atom. The Morgan fingerprint density at radius 1 is 0.714 bits per heavy atom. The van der Waals surface area contributed by atoms with Crippen LogP contribution in [0, 0.1) is 0 Å². The fourth-order valence-corrected chi connectivity index (χ4v) is 2.13. The third-order valence-electron chi connectivity index (χ3n) is 3.24. The van der Waals surface area contributed by atoms with Gasteiger partial charge in [-0.15, -0.1) is 0 Å². The number of benzene rings is 3. The molecule has 0 fully saturated rings. The van der Waals surface area contributed by atoms with E-state index in [1.165, 1.54) is 0 Å². The van der Waals surface area contributed by atoms with E-state index < -0.39 is 0 Å². The van der Waals surface area contributed by atoms with Gasteiger partial charge in [-0.2, -0.15) is 0 Å². The van der Waals surface area contributed by atoms with Crippen molar-refractivity contribution in [3.63, 3.8) is 0 Å². The molecule has 2 heteroatoms. The fourth-order valence-electron chi connectivity index (χ4n) is 2.13. The molecule has 0 saturated carbocycles. The number of phenolic OH excluding ortho intramolecular Hbond substituents is 1. The second kappa shape index (κ2) is 6.06. The number of para-hydroxylation sites is 1. The predicted octanol–water partition coefficient (Wildman–Crippen LogP) is 4.81. The Kier molecular flexibility index (Phi) is 3.79. The van der Waals surface area contributed by atoms with Gasteiger partial charge in [0.15, 0.2) is 0 Å². The van der Waals surface area contributed by atoms with Crippen LogP contribution in [0.4, 0.5) is 5.69 Å². The third kappa shape index (κ3) is 3.18. The molecule has 0 bridgehead atoms. The lowest BCUT2D eigenvalue weighted by Crippen LogP contribution is -1.85. The van der Waals surface area contributed by atoms with Crippen molar-refractivity contribution in [2.75, 3.05) is 0 Å².